The smallest absolute Gasteiger partial charge is 0.273 e. The van der Waals surface area contributed by atoms with Crippen LogP contribution in [0, 0.1) is 5.92 Å². The van der Waals surface area contributed by atoms with Gasteiger partial charge in [0.2, 0.25) is 5.09 Å². The van der Waals surface area contributed by atoms with Gasteiger partial charge in [-0.15, -0.1) is 0 Å². The third-order valence-electron chi connectivity index (χ3n) is 2.69. The SMILES string of the molecule is NCc1ccc(S(=O)(=O)NCC2CCOC2)o1. The summed E-state index contributed by atoms with van der Waals surface area (Å²) < 4.78 is 36.5. The van der Waals surface area contributed by atoms with Gasteiger partial charge in [-0.05, 0) is 24.5 Å². The largest absolute Gasteiger partial charge is 0.447 e. The summed E-state index contributed by atoms with van der Waals surface area (Å²) in [5.41, 5.74) is 5.35. The lowest BCUT2D eigenvalue weighted by atomic mass is 10.1. The predicted molar refractivity (Wildman–Crippen MR) is 60.7 cm³/mol. The summed E-state index contributed by atoms with van der Waals surface area (Å²) in [4.78, 5) is 0. The predicted octanol–water partition coefficient (Wildman–Crippen LogP) is 0.0531. The van der Waals surface area contributed by atoms with Crippen molar-refractivity contribution in [3.63, 3.8) is 0 Å². The lowest BCUT2D eigenvalue weighted by Gasteiger charge is -2.08. The third-order valence-corrected chi connectivity index (χ3v) is 3.98. The molecule has 0 radical (unpaired) electrons. The van der Waals surface area contributed by atoms with Crippen molar-refractivity contribution in [2.24, 2.45) is 11.7 Å². The van der Waals surface area contributed by atoms with Gasteiger partial charge in [-0.1, -0.05) is 0 Å². The maximum absolute atomic E-state index is 11.8. The van der Waals surface area contributed by atoms with E-state index < -0.39 is 10.0 Å². The van der Waals surface area contributed by atoms with E-state index in [2.05, 4.69) is 4.72 Å². The van der Waals surface area contributed by atoms with Crippen LogP contribution in [-0.2, 0) is 21.3 Å². The van der Waals surface area contributed by atoms with Gasteiger partial charge in [-0.25, -0.2) is 13.1 Å². The van der Waals surface area contributed by atoms with E-state index in [4.69, 9.17) is 14.9 Å². The first-order chi connectivity index (χ1) is 8.12. The van der Waals surface area contributed by atoms with Gasteiger partial charge in [0.1, 0.15) is 5.76 Å². The van der Waals surface area contributed by atoms with Crippen LogP contribution in [0.15, 0.2) is 21.6 Å². The number of furan rings is 1. The first-order valence-electron chi connectivity index (χ1n) is 5.48. The summed E-state index contributed by atoms with van der Waals surface area (Å²) in [6, 6.07) is 2.98. The molecule has 2 heterocycles. The number of ether oxygens (including phenoxy) is 1. The molecule has 1 aromatic rings. The molecule has 6 nitrogen and oxygen atoms in total. The monoisotopic (exact) mass is 260 g/mol. The minimum absolute atomic E-state index is 0.0862. The standard InChI is InChI=1S/C10H16N2O4S/c11-5-9-1-2-10(16-9)17(13,14)12-6-8-3-4-15-7-8/h1-2,8,12H,3-7,11H2. The van der Waals surface area contributed by atoms with Gasteiger partial charge in [0.05, 0.1) is 13.2 Å². The molecule has 1 atom stereocenters. The van der Waals surface area contributed by atoms with E-state index in [1.54, 1.807) is 6.07 Å². The molecule has 7 heteroatoms. The van der Waals surface area contributed by atoms with Crippen molar-refractivity contribution in [3.8, 4) is 0 Å². The number of hydrogen-bond donors (Lipinski definition) is 2. The zero-order chi connectivity index (χ0) is 12.3. The van der Waals surface area contributed by atoms with Crippen molar-refractivity contribution in [3.05, 3.63) is 17.9 Å². The summed E-state index contributed by atoms with van der Waals surface area (Å²) in [7, 11) is -3.56. The van der Waals surface area contributed by atoms with Crippen LogP contribution in [0.2, 0.25) is 0 Å². The lowest BCUT2D eigenvalue weighted by Crippen LogP contribution is -2.29. The topological polar surface area (TPSA) is 94.6 Å². The highest BCUT2D eigenvalue weighted by Crippen LogP contribution is 2.15. The first kappa shape index (κ1) is 12.6. The van der Waals surface area contributed by atoms with Crippen LogP contribution in [0.25, 0.3) is 0 Å². The molecule has 0 saturated carbocycles. The van der Waals surface area contributed by atoms with Crippen molar-refractivity contribution in [1.82, 2.24) is 4.72 Å². The molecule has 1 fully saturated rings. The Bertz CT molecular complexity index is 462. The van der Waals surface area contributed by atoms with E-state index in [1.165, 1.54) is 6.07 Å². The van der Waals surface area contributed by atoms with Crippen molar-refractivity contribution < 1.29 is 17.6 Å². The van der Waals surface area contributed by atoms with Gasteiger partial charge in [0.25, 0.3) is 10.0 Å². The highest BCUT2D eigenvalue weighted by molar-refractivity contribution is 7.89. The number of nitrogens with one attached hydrogen (secondary N) is 1. The van der Waals surface area contributed by atoms with Crippen LogP contribution in [-0.4, -0.2) is 28.2 Å². The van der Waals surface area contributed by atoms with E-state index >= 15 is 0 Å². The Kier molecular flexibility index (Phi) is 3.82. The molecule has 1 aliphatic heterocycles. The number of hydrogen-bond acceptors (Lipinski definition) is 5. The third kappa shape index (κ3) is 3.06. The van der Waals surface area contributed by atoms with Crippen LogP contribution in [0.3, 0.4) is 0 Å². The molecule has 1 aliphatic rings. The van der Waals surface area contributed by atoms with E-state index in [-0.39, 0.29) is 17.6 Å². The van der Waals surface area contributed by atoms with Crippen LogP contribution in [0.4, 0.5) is 0 Å². The van der Waals surface area contributed by atoms with Gasteiger partial charge >= 0.3 is 0 Å². The van der Waals surface area contributed by atoms with Gasteiger partial charge in [0.15, 0.2) is 0 Å². The van der Waals surface area contributed by atoms with Crippen molar-refractivity contribution in [1.29, 1.82) is 0 Å². The molecular weight excluding hydrogens is 244 g/mol. The Morgan fingerprint density at radius 1 is 1.47 bits per heavy atom. The maximum Gasteiger partial charge on any atom is 0.273 e. The Labute approximate surface area is 100 Å². The quantitative estimate of drug-likeness (QED) is 0.780. The first-order valence-corrected chi connectivity index (χ1v) is 6.96. The second-order valence-corrected chi connectivity index (χ2v) is 5.70. The molecular formula is C10H16N2O4S. The molecule has 1 aromatic heterocycles. The molecule has 17 heavy (non-hydrogen) atoms. The second kappa shape index (κ2) is 5.18. The summed E-state index contributed by atoms with van der Waals surface area (Å²) in [5, 5.41) is -0.0862. The number of nitrogens with two attached hydrogens (primary N) is 1. The van der Waals surface area contributed by atoms with Crippen molar-refractivity contribution in [2.75, 3.05) is 19.8 Å². The molecule has 0 amide bonds. The molecule has 0 aromatic carbocycles. The lowest BCUT2D eigenvalue weighted by molar-refractivity contribution is 0.186. The zero-order valence-electron chi connectivity index (χ0n) is 9.39. The van der Waals surface area contributed by atoms with E-state index in [9.17, 15) is 8.42 Å². The molecule has 96 valence electrons. The van der Waals surface area contributed by atoms with E-state index in [1.807, 2.05) is 0 Å². The molecule has 0 bridgehead atoms. The van der Waals surface area contributed by atoms with Gasteiger partial charge in [-0.2, -0.15) is 0 Å². The van der Waals surface area contributed by atoms with Crippen LogP contribution in [0.1, 0.15) is 12.2 Å². The maximum atomic E-state index is 11.8. The molecule has 0 aliphatic carbocycles. The summed E-state index contributed by atoms with van der Waals surface area (Å²) in [6.07, 6.45) is 0.884. The van der Waals surface area contributed by atoms with Crippen molar-refractivity contribution >= 4 is 10.0 Å². The highest BCUT2D eigenvalue weighted by atomic mass is 32.2. The average Bonchev–Trinajstić information content (AvgIpc) is 2.98. The normalized spacial score (nSPS) is 20.9. The Morgan fingerprint density at radius 2 is 2.29 bits per heavy atom. The zero-order valence-corrected chi connectivity index (χ0v) is 10.2. The Morgan fingerprint density at radius 3 is 2.88 bits per heavy atom. The summed E-state index contributed by atoms with van der Waals surface area (Å²) in [6.45, 7) is 1.87. The molecule has 2 rings (SSSR count). The fourth-order valence-electron chi connectivity index (χ4n) is 1.66. The molecule has 0 spiro atoms. The summed E-state index contributed by atoms with van der Waals surface area (Å²) >= 11 is 0. The second-order valence-electron chi connectivity index (χ2n) is 4.01. The highest BCUT2D eigenvalue weighted by Gasteiger charge is 2.22. The average molecular weight is 260 g/mol. The number of sulfonamides is 1. The summed E-state index contributed by atoms with van der Waals surface area (Å²) in [5.74, 6) is 0.697. The van der Waals surface area contributed by atoms with Gasteiger partial charge < -0.3 is 14.9 Å². The minimum Gasteiger partial charge on any atom is -0.447 e. The minimum atomic E-state index is -3.56. The fraction of sp³-hybridized carbons (Fsp3) is 0.600. The van der Waals surface area contributed by atoms with E-state index in [0.717, 1.165) is 6.42 Å². The Balaban J connectivity index is 1.97. The van der Waals surface area contributed by atoms with Crippen LogP contribution in [0.5, 0.6) is 0 Å². The fourth-order valence-corrected chi connectivity index (χ4v) is 2.72. The van der Waals surface area contributed by atoms with Gasteiger partial charge in [0, 0.05) is 13.2 Å². The van der Waals surface area contributed by atoms with Crippen molar-refractivity contribution in [2.45, 2.75) is 18.1 Å². The molecule has 1 saturated heterocycles. The number of rotatable bonds is 5. The van der Waals surface area contributed by atoms with Gasteiger partial charge in [-0.3, -0.25) is 0 Å². The van der Waals surface area contributed by atoms with Crippen LogP contribution < -0.4 is 10.5 Å². The van der Waals surface area contributed by atoms with E-state index in [0.29, 0.717) is 25.5 Å². The molecule has 1 unspecified atom stereocenters. The van der Waals surface area contributed by atoms with Crippen LogP contribution >= 0.6 is 0 Å². The molecule has 3 N–H and O–H groups in total. The Hall–Kier alpha value is -0.890.